The Balaban J connectivity index is 2.33. The predicted molar refractivity (Wildman–Crippen MR) is 73.0 cm³/mol. The van der Waals surface area contributed by atoms with Crippen LogP contribution in [0.5, 0.6) is 0 Å². The van der Waals surface area contributed by atoms with Gasteiger partial charge in [0, 0.05) is 18.5 Å². The van der Waals surface area contributed by atoms with E-state index in [0.717, 1.165) is 5.82 Å². The van der Waals surface area contributed by atoms with Crippen LogP contribution in [0.2, 0.25) is 0 Å². The molecule has 0 atom stereocenters. The molecule has 0 aliphatic rings. The van der Waals surface area contributed by atoms with Crippen molar-refractivity contribution in [3.05, 3.63) is 30.2 Å². The molecule has 0 saturated heterocycles. The summed E-state index contributed by atoms with van der Waals surface area (Å²) in [5, 5.41) is 8.95. The van der Waals surface area contributed by atoms with Gasteiger partial charge in [0.1, 0.15) is 0 Å². The molecule has 0 saturated carbocycles. The van der Waals surface area contributed by atoms with Crippen LogP contribution >= 0.6 is 0 Å². The first kappa shape index (κ1) is 12.9. The Morgan fingerprint density at radius 3 is 2.17 bits per heavy atom. The molecule has 98 valence electrons. The fourth-order valence-corrected chi connectivity index (χ4v) is 1.65. The minimum absolute atomic E-state index is 0.00173. The maximum absolute atomic E-state index is 4.56. The summed E-state index contributed by atoms with van der Waals surface area (Å²) in [7, 11) is 0. The monoisotopic (exact) mass is 246 g/mol. The smallest absolute Gasteiger partial charge is 0.175 e. The van der Waals surface area contributed by atoms with Gasteiger partial charge in [0.2, 0.25) is 0 Å². The average Bonchev–Trinajstić information content (AvgIpc) is 2.84. The number of hydrogen-bond acceptors (Lipinski definition) is 2. The third kappa shape index (κ3) is 2.47. The lowest BCUT2D eigenvalue weighted by atomic mass is 9.90. The van der Waals surface area contributed by atoms with E-state index in [2.05, 4.69) is 57.9 Å². The van der Waals surface area contributed by atoms with Gasteiger partial charge in [0.05, 0.1) is 11.7 Å². The van der Waals surface area contributed by atoms with E-state index in [-0.39, 0.29) is 11.0 Å². The van der Waals surface area contributed by atoms with Gasteiger partial charge < -0.3 is 0 Å². The summed E-state index contributed by atoms with van der Waals surface area (Å²) in [6, 6.07) is 1.99. The molecule has 0 aliphatic carbocycles. The number of rotatable bonds is 1. The zero-order valence-corrected chi connectivity index (χ0v) is 12.1. The lowest BCUT2D eigenvalue weighted by Crippen LogP contribution is -2.22. The average molecular weight is 246 g/mol. The highest BCUT2D eigenvalue weighted by Crippen LogP contribution is 2.22. The van der Waals surface area contributed by atoms with E-state index >= 15 is 0 Å². The Hall–Kier alpha value is -1.58. The van der Waals surface area contributed by atoms with Gasteiger partial charge in [0.15, 0.2) is 5.82 Å². The summed E-state index contributed by atoms with van der Waals surface area (Å²) < 4.78 is 3.80. The summed E-state index contributed by atoms with van der Waals surface area (Å²) >= 11 is 0. The van der Waals surface area contributed by atoms with Crippen molar-refractivity contribution in [1.29, 1.82) is 0 Å². The standard InChI is InChI=1S/C14H22N4/c1-13(2,3)11-9-15-17(10-11)12-7-8-18(16-12)14(4,5)6/h7-10H,1-6H3. The molecular formula is C14H22N4. The van der Waals surface area contributed by atoms with Crippen LogP contribution in [0.15, 0.2) is 24.7 Å². The lowest BCUT2D eigenvalue weighted by molar-refractivity contribution is 0.354. The van der Waals surface area contributed by atoms with Crippen LogP contribution in [0.3, 0.4) is 0 Å². The molecule has 4 nitrogen and oxygen atoms in total. The van der Waals surface area contributed by atoms with Crippen molar-refractivity contribution in [3.63, 3.8) is 0 Å². The summed E-state index contributed by atoms with van der Waals surface area (Å²) in [5.74, 6) is 0.862. The summed E-state index contributed by atoms with van der Waals surface area (Å²) in [6.07, 6.45) is 5.96. The maximum Gasteiger partial charge on any atom is 0.175 e. The van der Waals surface area contributed by atoms with Gasteiger partial charge >= 0.3 is 0 Å². The normalized spacial score (nSPS) is 13.0. The number of hydrogen-bond donors (Lipinski definition) is 0. The van der Waals surface area contributed by atoms with Crippen LogP contribution in [-0.4, -0.2) is 19.6 Å². The van der Waals surface area contributed by atoms with E-state index in [1.807, 2.05) is 27.8 Å². The fraction of sp³-hybridized carbons (Fsp3) is 0.571. The summed E-state index contributed by atoms with van der Waals surface area (Å²) in [6.45, 7) is 12.9. The molecule has 2 heterocycles. The van der Waals surface area contributed by atoms with Gasteiger partial charge in [-0.25, -0.2) is 4.68 Å². The zero-order chi connectivity index (χ0) is 13.6. The minimum atomic E-state index is -0.00173. The third-order valence-electron chi connectivity index (χ3n) is 2.95. The van der Waals surface area contributed by atoms with Crippen LogP contribution in [0.25, 0.3) is 5.82 Å². The highest BCUT2D eigenvalue weighted by atomic mass is 15.4. The van der Waals surface area contributed by atoms with Gasteiger partial charge in [-0.3, -0.25) is 4.68 Å². The Bertz CT molecular complexity index is 484. The Morgan fingerprint density at radius 2 is 1.72 bits per heavy atom. The second-order valence-electron chi connectivity index (χ2n) is 6.71. The fourth-order valence-electron chi connectivity index (χ4n) is 1.65. The molecule has 2 aromatic rings. The van der Waals surface area contributed by atoms with E-state index in [1.165, 1.54) is 5.56 Å². The molecule has 0 N–H and O–H groups in total. The number of nitrogens with zero attached hydrogens (tertiary/aromatic N) is 4. The van der Waals surface area contributed by atoms with Crippen molar-refractivity contribution >= 4 is 0 Å². The third-order valence-corrected chi connectivity index (χ3v) is 2.95. The first-order valence-electron chi connectivity index (χ1n) is 6.29. The first-order chi connectivity index (χ1) is 8.18. The molecule has 0 amide bonds. The molecule has 0 aromatic carbocycles. The first-order valence-corrected chi connectivity index (χ1v) is 6.29. The molecule has 0 aliphatic heterocycles. The Morgan fingerprint density at radius 1 is 1.06 bits per heavy atom. The number of aromatic nitrogens is 4. The van der Waals surface area contributed by atoms with Crippen LogP contribution in [-0.2, 0) is 11.0 Å². The van der Waals surface area contributed by atoms with Gasteiger partial charge in [-0.2, -0.15) is 10.2 Å². The highest BCUT2D eigenvalue weighted by Gasteiger charge is 2.18. The molecule has 0 unspecified atom stereocenters. The van der Waals surface area contributed by atoms with Gasteiger partial charge in [-0.15, -0.1) is 0 Å². The summed E-state index contributed by atoms with van der Waals surface area (Å²) in [4.78, 5) is 0. The van der Waals surface area contributed by atoms with Crippen molar-refractivity contribution in [1.82, 2.24) is 19.6 Å². The van der Waals surface area contributed by atoms with Crippen LogP contribution < -0.4 is 0 Å². The molecule has 18 heavy (non-hydrogen) atoms. The Labute approximate surface area is 109 Å². The van der Waals surface area contributed by atoms with Gasteiger partial charge in [-0.05, 0) is 31.7 Å². The molecule has 0 bridgehead atoms. The molecule has 4 heteroatoms. The second kappa shape index (κ2) is 3.97. The lowest BCUT2D eigenvalue weighted by Gasteiger charge is -2.18. The Kier molecular flexibility index (Phi) is 2.84. The van der Waals surface area contributed by atoms with E-state index in [0.29, 0.717) is 0 Å². The van der Waals surface area contributed by atoms with E-state index in [4.69, 9.17) is 0 Å². The van der Waals surface area contributed by atoms with Crippen molar-refractivity contribution in [3.8, 4) is 5.82 Å². The van der Waals surface area contributed by atoms with Crippen molar-refractivity contribution in [2.45, 2.75) is 52.5 Å². The molecule has 0 spiro atoms. The van der Waals surface area contributed by atoms with E-state index in [1.54, 1.807) is 0 Å². The van der Waals surface area contributed by atoms with Crippen LogP contribution in [0.4, 0.5) is 0 Å². The topological polar surface area (TPSA) is 35.6 Å². The maximum atomic E-state index is 4.56. The zero-order valence-electron chi connectivity index (χ0n) is 12.1. The highest BCUT2D eigenvalue weighted by molar-refractivity contribution is 5.24. The van der Waals surface area contributed by atoms with Crippen LogP contribution in [0, 0.1) is 0 Å². The molecule has 2 rings (SSSR count). The van der Waals surface area contributed by atoms with Crippen molar-refractivity contribution in [2.75, 3.05) is 0 Å². The second-order valence-corrected chi connectivity index (χ2v) is 6.71. The SMILES string of the molecule is CC(C)(C)c1cnn(-c2ccn(C(C)(C)C)n2)c1. The van der Waals surface area contributed by atoms with Crippen molar-refractivity contribution < 1.29 is 0 Å². The minimum Gasteiger partial charge on any atom is -0.265 e. The molecule has 0 radical (unpaired) electrons. The predicted octanol–water partition coefficient (Wildman–Crippen LogP) is 3.12. The molecular weight excluding hydrogens is 224 g/mol. The van der Waals surface area contributed by atoms with E-state index in [9.17, 15) is 0 Å². The summed E-state index contributed by atoms with van der Waals surface area (Å²) in [5.41, 5.74) is 1.33. The van der Waals surface area contributed by atoms with Gasteiger partial charge in [0.25, 0.3) is 0 Å². The quantitative estimate of drug-likeness (QED) is 0.775. The van der Waals surface area contributed by atoms with Crippen molar-refractivity contribution in [2.24, 2.45) is 0 Å². The molecule has 2 aromatic heterocycles. The van der Waals surface area contributed by atoms with Crippen LogP contribution in [0.1, 0.15) is 47.1 Å². The molecule has 0 fully saturated rings. The largest absolute Gasteiger partial charge is 0.265 e. The van der Waals surface area contributed by atoms with Gasteiger partial charge in [-0.1, -0.05) is 20.8 Å². The van der Waals surface area contributed by atoms with E-state index < -0.39 is 0 Å².